The molecule has 2 aromatic rings. The minimum Gasteiger partial charge on any atom is -0.485 e. The average Bonchev–Trinajstić information content (AvgIpc) is 2.54. The van der Waals surface area contributed by atoms with Crippen molar-refractivity contribution in [1.29, 1.82) is 0 Å². The van der Waals surface area contributed by atoms with Gasteiger partial charge in [0, 0.05) is 6.92 Å². The zero-order chi connectivity index (χ0) is 16.7. The number of carbonyl (C=O) groups excluding carboxylic acids is 1. The van der Waals surface area contributed by atoms with Gasteiger partial charge in [-0.3, -0.25) is 4.79 Å². The van der Waals surface area contributed by atoms with Gasteiger partial charge in [-0.05, 0) is 42.5 Å². The lowest BCUT2D eigenvalue weighted by Gasteiger charge is -2.16. The highest BCUT2D eigenvalue weighted by atomic mass is 16.6. The standard InChI is InChI=1S/C20H24O3/c1-4-5-11-18-12-13-19(23-16(3)21)20(15(18)2)22-14-17-9-7-6-8-10-17/h6-10,12-13H,4-5,11,14H2,1-3H3. The summed E-state index contributed by atoms with van der Waals surface area (Å²) in [6, 6.07) is 13.8. The SMILES string of the molecule is CCCCc1ccc(OC(C)=O)c(OCc2ccccc2)c1C. The maximum absolute atomic E-state index is 11.3. The lowest BCUT2D eigenvalue weighted by Crippen LogP contribution is -2.07. The molecule has 122 valence electrons. The van der Waals surface area contributed by atoms with Crippen molar-refractivity contribution >= 4 is 5.97 Å². The summed E-state index contributed by atoms with van der Waals surface area (Å²) in [6.07, 6.45) is 3.28. The molecular formula is C20H24O3. The molecule has 0 fully saturated rings. The first kappa shape index (κ1) is 17.1. The smallest absolute Gasteiger partial charge is 0.308 e. The molecule has 0 aromatic heterocycles. The quantitative estimate of drug-likeness (QED) is 0.542. The van der Waals surface area contributed by atoms with E-state index in [9.17, 15) is 4.79 Å². The Morgan fingerprint density at radius 2 is 1.83 bits per heavy atom. The number of benzene rings is 2. The number of ether oxygens (including phenoxy) is 2. The van der Waals surface area contributed by atoms with Gasteiger partial charge in [0.2, 0.25) is 0 Å². The van der Waals surface area contributed by atoms with Gasteiger partial charge in [0.05, 0.1) is 0 Å². The minimum absolute atomic E-state index is 0.338. The maximum Gasteiger partial charge on any atom is 0.308 e. The van der Waals surface area contributed by atoms with E-state index in [-0.39, 0.29) is 5.97 Å². The molecule has 0 spiro atoms. The van der Waals surface area contributed by atoms with Crippen molar-refractivity contribution in [2.24, 2.45) is 0 Å². The highest BCUT2D eigenvalue weighted by molar-refractivity contribution is 5.71. The highest BCUT2D eigenvalue weighted by Gasteiger charge is 2.14. The molecule has 2 rings (SSSR count). The molecule has 0 saturated carbocycles. The molecule has 0 unspecified atom stereocenters. The Morgan fingerprint density at radius 1 is 1.09 bits per heavy atom. The molecule has 3 heteroatoms. The van der Waals surface area contributed by atoms with Gasteiger partial charge in [-0.1, -0.05) is 49.7 Å². The van der Waals surface area contributed by atoms with E-state index >= 15 is 0 Å². The molecule has 0 atom stereocenters. The third-order valence-corrected chi connectivity index (χ3v) is 3.76. The highest BCUT2D eigenvalue weighted by Crippen LogP contribution is 2.34. The molecule has 0 bridgehead atoms. The average molecular weight is 312 g/mol. The second kappa shape index (κ2) is 8.37. The molecule has 0 aliphatic rings. The molecule has 0 heterocycles. The first-order chi connectivity index (χ1) is 11.1. The lowest BCUT2D eigenvalue weighted by molar-refractivity contribution is -0.132. The van der Waals surface area contributed by atoms with Crippen LogP contribution in [-0.2, 0) is 17.8 Å². The van der Waals surface area contributed by atoms with Gasteiger partial charge in [-0.15, -0.1) is 0 Å². The van der Waals surface area contributed by atoms with Crippen LogP contribution in [0.25, 0.3) is 0 Å². The van der Waals surface area contributed by atoms with Crippen molar-refractivity contribution in [3.05, 3.63) is 59.2 Å². The topological polar surface area (TPSA) is 35.5 Å². The van der Waals surface area contributed by atoms with E-state index in [1.165, 1.54) is 12.5 Å². The third-order valence-electron chi connectivity index (χ3n) is 3.76. The van der Waals surface area contributed by atoms with E-state index in [2.05, 4.69) is 6.92 Å². The Labute approximate surface area is 138 Å². The Morgan fingerprint density at radius 3 is 2.48 bits per heavy atom. The van der Waals surface area contributed by atoms with E-state index in [0.717, 1.165) is 30.4 Å². The summed E-state index contributed by atoms with van der Waals surface area (Å²) in [5, 5.41) is 0. The Bertz CT molecular complexity index is 647. The second-order valence-corrected chi connectivity index (χ2v) is 5.65. The Balaban J connectivity index is 2.25. The van der Waals surface area contributed by atoms with Crippen molar-refractivity contribution in [2.45, 2.75) is 46.6 Å². The number of unbranched alkanes of at least 4 members (excludes halogenated alkanes) is 1. The predicted octanol–water partition coefficient (Wildman–Crippen LogP) is 4.84. The van der Waals surface area contributed by atoms with Crippen LogP contribution in [0.3, 0.4) is 0 Å². The summed E-state index contributed by atoms with van der Waals surface area (Å²) in [7, 11) is 0. The molecule has 0 N–H and O–H groups in total. The van der Waals surface area contributed by atoms with E-state index in [4.69, 9.17) is 9.47 Å². The van der Waals surface area contributed by atoms with Crippen LogP contribution in [0.4, 0.5) is 0 Å². The summed E-state index contributed by atoms with van der Waals surface area (Å²) in [5.41, 5.74) is 3.37. The molecule has 2 aromatic carbocycles. The number of hydrogen-bond acceptors (Lipinski definition) is 3. The van der Waals surface area contributed by atoms with Crippen molar-refractivity contribution < 1.29 is 14.3 Å². The number of carbonyl (C=O) groups is 1. The van der Waals surface area contributed by atoms with Crippen LogP contribution in [0, 0.1) is 6.92 Å². The molecule has 0 aliphatic heterocycles. The largest absolute Gasteiger partial charge is 0.485 e. The number of esters is 1. The first-order valence-corrected chi connectivity index (χ1v) is 8.09. The van der Waals surface area contributed by atoms with Crippen LogP contribution in [-0.4, -0.2) is 5.97 Å². The lowest BCUT2D eigenvalue weighted by atomic mass is 10.0. The fourth-order valence-electron chi connectivity index (χ4n) is 2.49. The van der Waals surface area contributed by atoms with Crippen LogP contribution in [0.2, 0.25) is 0 Å². The second-order valence-electron chi connectivity index (χ2n) is 5.65. The van der Waals surface area contributed by atoms with Crippen molar-refractivity contribution in [3.63, 3.8) is 0 Å². The van der Waals surface area contributed by atoms with Crippen molar-refractivity contribution in [1.82, 2.24) is 0 Å². The molecule has 0 radical (unpaired) electrons. The van der Waals surface area contributed by atoms with Crippen LogP contribution in [0.15, 0.2) is 42.5 Å². The number of aryl methyl sites for hydroxylation is 1. The number of rotatable bonds is 7. The summed E-state index contributed by atoms with van der Waals surface area (Å²) < 4.78 is 11.3. The Hall–Kier alpha value is -2.29. The van der Waals surface area contributed by atoms with Gasteiger partial charge >= 0.3 is 5.97 Å². The maximum atomic E-state index is 11.3. The van der Waals surface area contributed by atoms with Crippen LogP contribution >= 0.6 is 0 Å². The molecule has 0 amide bonds. The van der Waals surface area contributed by atoms with E-state index in [1.807, 2.05) is 49.4 Å². The van der Waals surface area contributed by atoms with Crippen LogP contribution in [0.1, 0.15) is 43.4 Å². The molecule has 3 nitrogen and oxygen atoms in total. The molecule has 0 saturated heterocycles. The molecule has 0 aliphatic carbocycles. The van der Waals surface area contributed by atoms with E-state index in [0.29, 0.717) is 18.1 Å². The van der Waals surface area contributed by atoms with Gasteiger partial charge < -0.3 is 9.47 Å². The Kier molecular flexibility index (Phi) is 6.21. The van der Waals surface area contributed by atoms with E-state index in [1.54, 1.807) is 0 Å². The van der Waals surface area contributed by atoms with E-state index < -0.39 is 0 Å². The zero-order valence-electron chi connectivity index (χ0n) is 14.1. The fourth-order valence-corrected chi connectivity index (χ4v) is 2.49. The van der Waals surface area contributed by atoms with Crippen LogP contribution < -0.4 is 9.47 Å². The monoisotopic (exact) mass is 312 g/mol. The normalized spacial score (nSPS) is 10.4. The molecular weight excluding hydrogens is 288 g/mol. The summed E-state index contributed by atoms with van der Waals surface area (Å²) in [4.78, 5) is 11.3. The van der Waals surface area contributed by atoms with Crippen LogP contribution in [0.5, 0.6) is 11.5 Å². The van der Waals surface area contributed by atoms with Gasteiger partial charge in [0.1, 0.15) is 6.61 Å². The van der Waals surface area contributed by atoms with Gasteiger partial charge in [-0.25, -0.2) is 0 Å². The fraction of sp³-hybridized carbons (Fsp3) is 0.350. The van der Waals surface area contributed by atoms with Crippen molar-refractivity contribution in [2.75, 3.05) is 0 Å². The van der Waals surface area contributed by atoms with Gasteiger partial charge in [0.25, 0.3) is 0 Å². The van der Waals surface area contributed by atoms with Crippen molar-refractivity contribution in [3.8, 4) is 11.5 Å². The minimum atomic E-state index is -0.338. The zero-order valence-corrected chi connectivity index (χ0v) is 14.1. The predicted molar refractivity (Wildman–Crippen MR) is 91.9 cm³/mol. The summed E-state index contributed by atoms with van der Waals surface area (Å²) >= 11 is 0. The third kappa shape index (κ3) is 4.85. The number of hydrogen-bond donors (Lipinski definition) is 0. The summed E-state index contributed by atoms with van der Waals surface area (Å²) in [6.45, 7) is 6.06. The van der Waals surface area contributed by atoms with Gasteiger partial charge in [-0.2, -0.15) is 0 Å². The van der Waals surface area contributed by atoms with Gasteiger partial charge in [0.15, 0.2) is 11.5 Å². The summed E-state index contributed by atoms with van der Waals surface area (Å²) in [5.74, 6) is 0.819. The first-order valence-electron chi connectivity index (χ1n) is 8.09. The molecule has 23 heavy (non-hydrogen) atoms.